The SMILES string of the molecule is CC(C)c1ncc(NN)c(C(=O)N2CCC(O)CC2)n1. The molecule has 0 radical (unpaired) electrons. The number of nitrogens with two attached hydrogens (primary N) is 1. The standard InChI is InChI=1S/C13H21N5O2/c1-8(2)12-15-7-10(17-14)11(16-12)13(20)18-5-3-9(19)4-6-18/h7-9,17,19H,3-6,14H2,1-2H3. The van der Waals surface area contributed by atoms with Crippen LogP contribution in [0.5, 0.6) is 0 Å². The fourth-order valence-corrected chi connectivity index (χ4v) is 2.16. The van der Waals surface area contributed by atoms with Gasteiger partial charge in [0.15, 0.2) is 5.69 Å². The normalized spacial score (nSPS) is 16.6. The fourth-order valence-electron chi connectivity index (χ4n) is 2.16. The molecule has 0 saturated carbocycles. The van der Waals surface area contributed by atoms with Crippen LogP contribution in [0, 0.1) is 0 Å². The van der Waals surface area contributed by atoms with Crippen molar-refractivity contribution in [1.29, 1.82) is 0 Å². The maximum atomic E-state index is 12.5. The zero-order valence-corrected chi connectivity index (χ0v) is 11.8. The number of rotatable bonds is 3. The molecule has 1 aromatic rings. The Morgan fingerprint density at radius 2 is 2.15 bits per heavy atom. The summed E-state index contributed by atoms with van der Waals surface area (Å²) < 4.78 is 0. The van der Waals surface area contributed by atoms with Gasteiger partial charge < -0.3 is 15.4 Å². The number of anilines is 1. The van der Waals surface area contributed by atoms with E-state index >= 15 is 0 Å². The van der Waals surface area contributed by atoms with Crippen LogP contribution in [-0.2, 0) is 0 Å². The average Bonchev–Trinajstić information content (AvgIpc) is 2.46. The number of amides is 1. The van der Waals surface area contributed by atoms with E-state index in [0.717, 1.165) is 0 Å². The zero-order valence-electron chi connectivity index (χ0n) is 11.8. The Hall–Kier alpha value is -1.73. The van der Waals surface area contributed by atoms with Crippen LogP contribution >= 0.6 is 0 Å². The van der Waals surface area contributed by atoms with Gasteiger partial charge in [-0.3, -0.25) is 10.6 Å². The molecule has 7 nitrogen and oxygen atoms in total. The van der Waals surface area contributed by atoms with Crippen LogP contribution in [0.2, 0.25) is 0 Å². The highest BCUT2D eigenvalue weighted by atomic mass is 16.3. The highest BCUT2D eigenvalue weighted by molar-refractivity contribution is 5.97. The molecule has 2 heterocycles. The quantitative estimate of drug-likeness (QED) is 0.549. The summed E-state index contributed by atoms with van der Waals surface area (Å²) in [5.41, 5.74) is 3.18. The van der Waals surface area contributed by atoms with Crippen LogP contribution in [0.15, 0.2) is 6.20 Å². The van der Waals surface area contributed by atoms with Gasteiger partial charge in [-0.05, 0) is 12.8 Å². The van der Waals surface area contributed by atoms with Gasteiger partial charge in [-0.15, -0.1) is 0 Å². The molecule has 0 bridgehead atoms. The summed E-state index contributed by atoms with van der Waals surface area (Å²) >= 11 is 0. The molecule has 1 fully saturated rings. The van der Waals surface area contributed by atoms with E-state index in [1.807, 2.05) is 13.8 Å². The summed E-state index contributed by atoms with van der Waals surface area (Å²) in [6, 6.07) is 0. The lowest BCUT2D eigenvalue weighted by molar-refractivity contribution is 0.0542. The van der Waals surface area contributed by atoms with Crippen LogP contribution < -0.4 is 11.3 Å². The lowest BCUT2D eigenvalue weighted by Crippen LogP contribution is -2.41. The second-order valence-corrected chi connectivity index (χ2v) is 5.31. The molecule has 1 aliphatic rings. The number of aliphatic hydroxyl groups excluding tert-OH is 1. The highest BCUT2D eigenvalue weighted by Crippen LogP contribution is 2.19. The number of carbonyl (C=O) groups excluding carboxylic acids is 1. The molecular weight excluding hydrogens is 258 g/mol. The van der Waals surface area contributed by atoms with Crippen molar-refractivity contribution in [2.24, 2.45) is 5.84 Å². The fraction of sp³-hybridized carbons (Fsp3) is 0.615. The Morgan fingerprint density at radius 3 is 2.70 bits per heavy atom. The van der Waals surface area contributed by atoms with Gasteiger partial charge in [0.1, 0.15) is 5.82 Å². The predicted octanol–water partition coefficient (Wildman–Crippen LogP) is 0.482. The van der Waals surface area contributed by atoms with Crippen LogP contribution in [0.3, 0.4) is 0 Å². The topological polar surface area (TPSA) is 104 Å². The van der Waals surface area contributed by atoms with Gasteiger partial charge in [0.2, 0.25) is 0 Å². The van der Waals surface area contributed by atoms with Crippen molar-refractivity contribution in [2.75, 3.05) is 18.5 Å². The number of nitrogen functional groups attached to an aromatic ring is 1. The molecule has 0 atom stereocenters. The van der Waals surface area contributed by atoms with Gasteiger partial charge in [-0.25, -0.2) is 9.97 Å². The van der Waals surface area contributed by atoms with Gasteiger partial charge in [-0.1, -0.05) is 13.8 Å². The van der Waals surface area contributed by atoms with Crippen LogP contribution in [0.4, 0.5) is 5.69 Å². The molecule has 1 aromatic heterocycles. The third-order valence-corrected chi connectivity index (χ3v) is 3.43. The van der Waals surface area contributed by atoms with Gasteiger partial charge in [0, 0.05) is 19.0 Å². The number of hydrazine groups is 1. The van der Waals surface area contributed by atoms with Gasteiger partial charge >= 0.3 is 0 Å². The number of aliphatic hydroxyl groups is 1. The lowest BCUT2D eigenvalue weighted by atomic mass is 10.1. The van der Waals surface area contributed by atoms with E-state index in [1.165, 1.54) is 6.20 Å². The summed E-state index contributed by atoms with van der Waals surface area (Å²) in [6.45, 7) is 5.00. The Balaban J connectivity index is 2.25. The van der Waals surface area contributed by atoms with Crippen LogP contribution in [0.1, 0.15) is 48.9 Å². The van der Waals surface area contributed by atoms with Crippen LogP contribution in [0.25, 0.3) is 0 Å². The van der Waals surface area contributed by atoms with E-state index in [2.05, 4.69) is 15.4 Å². The molecule has 1 amide bonds. The van der Waals surface area contributed by atoms with Gasteiger partial charge in [0.05, 0.1) is 18.0 Å². The molecule has 20 heavy (non-hydrogen) atoms. The molecule has 1 aliphatic heterocycles. The summed E-state index contributed by atoms with van der Waals surface area (Å²) in [4.78, 5) is 22.7. The third-order valence-electron chi connectivity index (χ3n) is 3.43. The van der Waals surface area contributed by atoms with Crippen molar-refractivity contribution in [2.45, 2.75) is 38.7 Å². The summed E-state index contributed by atoms with van der Waals surface area (Å²) in [6.07, 6.45) is 2.41. The second-order valence-electron chi connectivity index (χ2n) is 5.31. The molecule has 0 aromatic carbocycles. The molecule has 4 N–H and O–H groups in total. The molecule has 1 saturated heterocycles. The molecule has 0 spiro atoms. The van der Waals surface area contributed by atoms with Crippen molar-refractivity contribution in [3.05, 3.63) is 17.7 Å². The zero-order chi connectivity index (χ0) is 14.7. The number of piperidine rings is 1. The first-order valence-corrected chi connectivity index (χ1v) is 6.83. The van der Waals surface area contributed by atoms with Gasteiger partial charge in [-0.2, -0.15) is 0 Å². The maximum Gasteiger partial charge on any atom is 0.274 e. The van der Waals surface area contributed by atoms with Crippen molar-refractivity contribution in [1.82, 2.24) is 14.9 Å². The van der Waals surface area contributed by atoms with Crippen molar-refractivity contribution in [3.63, 3.8) is 0 Å². The van der Waals surface area contributed by atoms with E-state index in [9.17, 15) is 9.90 Å². The van der Waals surface area contributed by atoms with E-state index in [0.29, 0.717) is 43.1 Å². The van der Waals surface area contributed by atoms with E-state index in [4.69, 9.17) is 5.84 Å². The summed E-state index contributed by atoms with van der Waals surface area (Å²) in [5.74, 6) is 6.00. The molecule has 0 unspecified atom stereocenters. The number of aromatic nitrogens is 2. The predicted molar refractivity (Wildman–Crippen MR) is 75.1 cm³/mol. The Bertz CT molecular complexity index is 484. The van der Waals surface area contributed by atoms with Crippen molar-refractivity contribution < 1.29 is 9.90 Å². The lowest BCUT2D eigenvalue weighted by Gasteiger charge is -2.29. The number of hydrogen-bond acceptors (Lipinski definition) is 6. The molecule has 2 rings (SSSR count). The van der Waals surface area contributed by atoms with Crippen LogP contribution in [-0.4, -0.2) is 45.1 Å². The summed E-state index contributed by atoms with van der Waals surface area (Å²) in [7, 11) is 0. The third kappa shape index (κ3) is 3.05. The Morgan fingerprint density at radius 1 is 1.50 bits per heavy atom. The smallest absolute Gasteiger partial charge is 0.274 e. The highest BCUT2D eigenvalue weighted by Gasteiger charge is 2.25. The minimum absolute atomic E-state index is 0.136. The van der Waals surface area contributed by atoms with E-state index in [-0.39, 0.29) is 17.9 Å². The second kappa shape index (κ2) is 6.15. The molecular formula is C13H21N5O2. The van der Waals surface area contributed by atoms with Gasteiger partial charge in [0.25, 0.3) is 5.91 Å². The average molecular weight is 279 g/mol. The Kier molecular flexibility index (Phi) is 4.51. The largest absolute Gasteiger partial charge is 0.393 e. The number of carbonyl (C=O) groups is 1. The Labute approximate surface area is 118 Å². The first-order chi connectivity index (χ1) is 9.52. The first-order valence-electron chi connectivity index (χ1n) is 6.83. The number of nitrogens with zero attached hydrogens (tertiary/aromatic N) is 3. The molecule has 0 aliphatic carbocycles. The minimum Gasteiger partial charge on any atom is -0.393 e. The monoisotopic (exact) mass is 279 g/mol. The van der Waals surface area contributed by atoms with E-state index in [1.54, 1.807) is 4.90 Å². The first kappa shape index (κ1) is 14.7. The molecule has 110 valence electrons. The van der Waals surface area contributed by atoms with E-state index < -0.39 is 0 Å². The maximum absolute atomic E-state index is 12.5. The number of likely N-dealkylation sites (tertiary alicyclic amines) is 1. The molecule has 7 heteroatoms. The number of hydrogen-bond donors (Lipinski definition) is 3. The minimum atomic E-state index is -0.317. The number of nitrogens with one attached hydrogen (secondary N) is 1. The van der Waals surface area contributed by atoms with Crippen molar-refractivity contribution >= 4 is 11.6 Å². The summed E-state index contributed by atoms with van der Waals surface area (Å²) in [5, 5.41) is 9.50. The van der Waals surface area contributed by atoms with Crippen molar-refractivity contribution in [3.8, 4) is 0 Å².